The molecule has 0 bridgehead atoms. The number of nitrogens with zero attached hydrogens (tertiary/aromatic N) is 2. The number of hydrogen-bond donors (Lipinski definition) is 1. The quantitative estimate of drug-likeness (QED) is 0.733. The van der Waals surface area contributed by atoms with Crippen molar-refractivity contribution in [1.29, 1.82) is 0 Å². The first-order chi connectivity index (χ1) is 12.8. The Labute approximate surface area is 163 Å². The molecule has 0 aromatic heterocycles. The van der Waals surface area contributed by atoms with E-state index in [9.17, 15) is 13.2 Å². The highest BCUT2D eigenvalue weighted by Gasteiger charge is 2.27. The maximum atomic E-state index is 12.8. The van der Waals surface area contributed by atoms with Gasteiger partial charge in [0.2, 0.25) is 10.0 Å². The number of rotatable bonds is 8. The average molecular weight is 396 g/mol. The van der Waals surface area contributed by atoms with Crippen LogP contribution < -0.4 is 5.73 Å². The molecule has 2 rings (SSSR count). The summed E-state index contributed by atoms with van der Waals surface area (Å²) in [6.45, 7) is 8.36. The van der Waals surface area contributed by atoms with Crippen LogP contribution in [0.4, 0.5) is 0 Å². The van der Waals surface area contributed by atoms with Crippen LogP contribution >= 0.6 is 0 Å². The third-order valence-corrected chi connectivity index (χ3v) is 7.17. The Morgan fingerprint density at radius 2 is 1.67 bits per heavy atom. The summed E-state index contributed by atoms with van der Waals surface area (Å²) in [5.74, 6) is 0.422. The minimum atomic E-state index is -3.51. The van der Waals surface area contributed by atoms with Crippen LogP contribution in [0.2, 0.25) is 0 Å². The van der Waals surface area contributed by atoms with E-state index in [-0.39, 0.29) is 16.8 Å². The fraction of sp³-hybridized carbons (Fsp3) is 0.650. The van der Waals surface area contributed by atoms with Gasteiger partial charge in [-0.2, -0.15) is 4.31 Å². The van der Waals surface area contributed by atoms with E-state index < -0.39 is 10.0 Å². The van der Waals surface area contributed by atoms with Crippen LogP contribution in [0.15, 0.2) is 29.2 Å². The van der Waals surface area contributed by atoms with Gasteiger partial charge in [-0.05, 0) is 62.8 Å². The minimum absolute atomic E-state index is 0.0407. The van der Waals surface area contributed by atoms with Gasteiger partial charge in [-0.3, -0.25) is 4.79 Å². The van der Waals surface area contributed by atoms with Crippen molar-refractivity contribution in [1.82, 2.24) is 9.21 Å². The predicted molar refractivity (Wildman–Crippen MR) is 108 cm³/mol. The monoisotopic (exact) mass is 395 g/mol. The number of carbonyl (C=O) groups excluding carboxylic acids is 1. The molecule has 1 atom stereocenters. The number of benzene rings is 1. The fourth-order valence-corrected chi connectivity index (χ4v) is 5.20. The van der Waals surface area contributed by atoms with Crippen LogP contribution in [0.5, 0.6) is 0 Å². The molecule has 1 heterocycles. The maximum absolute atomic E-state index is 12.8. The molecule has 1 aliphatic rings. The minimum Gasteiger partial charge on any atom is -0.339 e. The molecule has 0 saturated carbocycles. The van der Waals surface area contributed by atoms with Crippen LogP contribution in [0, 0.1) is 5.92 Å². The van der Waals surface area contributed by atoms with E-state index in [1.54, 1.807) is 24.3 Å². The summed E-state index contributed by atoms with van der Waals surface area (Å²) in [5.41, 5.74) is 6.49. The molecule has 1 fully saturated rings. The first kappa shape index (κ1) is 21.9. The standard InChI is InChI=1S/C20H33N3O3S/c1-4-12-23(13-5-2)27(25,26)19-8-6-18(7-9-19)20(24)22-14-10-17(11-15-22)16(3)21/h6-9,16-17H,4-5,10-15,21H2,1-3H3. The predicted octanol–water partition coefficient (Wildman–Crippen LogP) is 2.70. The van der Waals surface area contributed by atoms with Crippen molar-refractivity contribution in [3.8, 4) is 0 Å². The van der Waals surface area contributed by atoms with Gasteiger partial charge >= 0.3 is 0 Å². The van der Waals surface area contributed by atoms with Gasteiger partial charge in [-0.1, -0.05) is 13.8 Å². The number of carbonyl (C=O) groups is 1. The molecule has 1 aromatic rings. The van der Waals surface area contributed by atoms with Crippen molar-refractivity contribution in [2.45, 2.75) is 57.4 Å². The summed E-state index contributed by atoms with van der Waals surface area (Å²) in [7, 11) is -3.51. The van der Waals surface area contributed by atoms with Crippen molar-refractivity contribution < 1.29 is 13.2 Å². The van der Waals surface area contributed by atoms with E-state index in [0.29, 0.717) is 37.7 Å². The van der Waals surface area contributed by atoms with Crippen LogP contribution in [0.25, 0.3) is 0 Å². The third kappa shape index (κ3) is 5.30. The van der Waals surface area contributed by atoms with Crippen molar-refractivity contribution in [3.63, 3.8) is 0 Å². The highest BCUT2D eigenvalue weighted by atomic mass is 32.2. The average Bonchev–Trinajstić information content (AvgIpc) is 2.67. The molecular formula is C20H33N3O3S. The summed E-state index contributed by atoms with van der Waals surface area (Å²) in [5, 5.41) is 0. The van der Waals surface area contributed by atoms with Gasteiger partial charge in [-0.25, -0.2) is 8.42 Å². The second-order valence-electron chi connectivity index (χ2n) is 7.42. The van der Waals surface area contributed by atoms with Gasteiger partial charge in [0.25, 0.3) is 5.91 Å². The lowest BCUT2D eigenvalue weighted by Gasteiger charge is -2.33. The van der Waals surface area contributed by atoms with E-state index >= 15 is 0 Å². The van der Waals surface area contributed by atoms with E-state index in [0.717, 1.165) is 25.7 Å². The summed E-state index contributed by atoms with van der Waals surface area (Å²) in [6.07, 6.45) is 3.37. The van der Waals surface area contributed by atoms with Crippen molar-refractivity contribution in [2.75, 3.05) is 26.2 Å². The molecule has 1 unspecified atom stereocenters. The van der Waals surface area contributed by atoms with Crippen molar-refractivity contribution in [3.05, 3.63) is 29.8 Å². The Balaban J connectivity index is 2.09. The van der Waals surface area contributed by atoms with Crippen LogP contribution in [-0.4, -0.2) is 55.8 Å². The fourth-order valence-electron chi connectivity index (χ4n) is 3.58. The Morgan fingerprint density at radius 3 is 2.11 bits per heavy atom. The highest BCUT2D eigenvalue weighted by molar-refractivity contribution is 7.89. The first-order valence-corrected chi connectivity index (χ1v) is 11.4. The van der Waals surface area contributed by atoms with Crippen LogP contribution in [0.3, 0.4) is 0 Å². The van der Waals surface area contributed by atoms with Gasteiger partial charge in [0.1, 0.15) is 0 Å². The van der Waals surface area contributed by atoms with Crippen LogP contribution in [0.1, 0.15) is 56.8 Å². The number of likely N-dealkylation sites (tertiary alicyclic amines) is 1. The Hall–Kier alpha value is -1.44. The number of amides is 1. The Bertz CT molecular complexity index is 702. The molecule has 7 heteroatoms. The number of piperidine rings is 1. The molecule has 152 valence electrons. The lowest BCUT2D eigenvalue weighted by Crippen LogP contribution is -2.42. The maximum Gasteiger partial charge on any atom is 0.253 e. The molecule has 27 heavy (non-hydrogen) atoms. The van der Waals surface area contributed by atoms with E-state index in [4.69, 9.17) is 5.73 Å². The zero-order valence-electron chi connectivity index (χ0n) is 16.7. The number of hydrogen-bond acceptors (Lipinski definition) is 4. The first-order valence-electron chi connectivity index (χ1n) is 9.96. The highest BCUT2D eigenvalue weighted by Crippen LogP contribution is 2.22. The summed E-state index contributed by atoms with van der Waals surface area (Å²) in [6, 6.07) is 6.51. The lowest BCUT2D eigenvalue weighted by molar-refractivity contribution is 0.0681. The molecule has 1 aromatic carbocycles. The topological polar surface area (TPSA) is 83.7 Å². The van der Waals surface area contributed by atoms with Gasteiger partial charge in [0.15, 0.2) is 0 Å². The van der Waals surface area contributed by atoms with Gasteiger partial charge in [0.05, 0.1) is 4.90 Å². The summed E-state index contributed by atoms with van der Waals surface area (Å²) in [4.78, 5) is 14.8. The van der Waals surface area contributed by atoms with E-state index in [1.807, 2.05) is 25.7 Å². The second kappa shape index (κ2) is 9.66. The molecule has 1 saturated heterocycles. The van der Waals surface area contributed by atoms with Gasteiger partial charge < -0.3 is 10.6 Å². The lowest BCUT2D eigenvalue weighted by atomic mass is 9.90. The zero-order valence-corrected chi connectivity index (χ0v) is 17.5. The molecule has 0 radical (unpaired) electrons. The molecule has 0 spiro atoms. The molecule has 0 aliphatic carbocycles. The number of nitrogens with two attached hydrogens (primary N) is 1. The SMILES string of the molecule is CCCN(CCC)S(=O)(=O)c1ccc(C(=O)N2CCC(C(C)N)CC2)cc1. The third-order valence-electron chi connectivity index (χ3n) is 5.26. The van der Waals surface area contributed by atoms with E-state index in [1.165, 1.54) is 4.31 Å². The Morgan fingerprint density at radius 1 is 1.15 bits per heavy atom. The van der Waals surface area contributed by atoms with Crippen molar-refractivity contribution in [2.24, 2.45) is 11.7 Å². The summed E-state index contributed by atoms with van der Waals surface area (Å²) < 4.78 is 27.1. The molecule has 2 N–H and O–H groups in total. The Kier molecular flexibility index (Phi) is 7.82. The van der Waals surface area contributed by atoms with Gasteiger partial charge in [0, 0.05) is 37.8 Å². The zero-order chi connectivity index (χ0) is 20.0. The summed E-state index contributed by atoms with van der Waals surface area (Å²) >= 11 is 0. The largest absolute Gasteiger partial charge is 0.339 e. The normalized spacial score (nSPS) is 17.3. The molecule has 1 aliphatic heterocycles. The van der Waals surface area contributed by atoms with E-state index in [2.05, 4.69) is 0 Å². The molecule has 1 amide bonds. The number of sulfonamides is 1. The van der Waals surface area contributed by atoms with Crippen LogP contribution in [-0.2, 0) is 10.0 Å². The molecule has 6 nitrogen and oxygen atoms in total. The molecular weight excluding hydrogens is 362 g/mol. The van der Waals surface area contributed by atoms with Gasteiger partial charge in [-0.15, -0.1) is 0 Å². The smallest absolute Gasteiger partial charge is 0.253 e. The second-order valence-corrected chi connectivity index (χ2v) is 9.36. The van der Waals surface area contributed by atoms with Crippen molar-refractivity contribution >= 4 is 15.9 Å².